The first-order chi connectivity index (χ1) is 6.97. The molecule has 82 valence electrons. The highest BCUT2D eigenvalue weighted by atomic mass is 19.3. The van der Waals surface area contributed by atoms with Crippen LogP contribution < -0.4 is 4.74 Å². The Bertz CT molecular complexity index is 395. The monoisotopic (exact) mass is 221 g/mol. The molecule has 1 N–H and O–H groups in total. The number of carbonyl (C=O) groups is 1. The van der Waals surface area contributed by atoms with E-state index in [1.165, 1.54) is 0 Å². The fraction of sp³-hybridized carbons (Fsp3) is 0.250. The normalized spacial score (nSPS) is 10.5. The Labute approximate surface area is 82.3 Å². The van der Waals surface area contributed by atoms with E-state index in [9.17, 15) is 18.0 Å². The SMILES string of the molecule is COc1c(C(F)F)cc(C(=O)O)nc1F. The van der Waals surface area contributed by atoms with Crippen molar-refractivity contribution < 1.29 is 27.8 Å². The van der Waals surface area contributed by atoms with Gasteiger partial charge >= 0.3 is 5.97 Å². The molecule has 0 amide bonds. The van der Waals surface area contributed by atoms with Gasteiger partial charge in [-0.1, -0.05) is 0 Å². The van der Waals surface area contributed by atoms with Gasteiger partial charge < -0.3 is 9.84 Å². The van der Waals surface area contributed by atoms with Crippen molar-refractivity contribution >= 4 is 5.97 Å². The Hall–Kier alpha value is -1.79. The lowest BCUT2D eigenvalue weighted by atomic mass is 10.2. The molecule has 0 spiro atoms. The van der Waals surface area contributed by atoms with Crippen LogP contribution in [0.3, 0.4) is 0 Å². The van der Waals surface area contributed by atoms with E-state index in [0.29, 0.717) is 6.07 Å². The van der Waals surface area contributed by atoms with Crippen LogP contribution in [0.4, 0.5) is 13.2 Å². The Morgan fingerprint density at radius 2 is 2.20 bits per heavy atom. The smallest absolute Gasteiger partial charge is 0.354 e. The van der Waals surface area contributed by atoms with E-state index in [2.05, 4.69) is 9.72 Å². The molecule has 0 fully saturated rings. The summed E-state index contributed by atoms with van der Waals surface area (Å²) in [6, 6.07) is 0.578. The van der Waals surface area contributed by atoms with Gasteiger partial charge in [0.25, 0.3) is 12.4 Å². The minimum Gasteiger partial charge on any atom is -0.492 e. The van der Waals surface area contributed by atoms with Crippen LogP contribution in [0.15, 0.2) is 6.07 Å². The molecule has 1 rings (SSSR count). The van der Waals surface area contributed by atoms with Gasteiger partial charge in [-0.3, -0.25) is 0 Å². The quantitative estimate of drug-likeness (QED) is 0.791. The third-order valence-corrected chi connectivity index (χ3v) is 1.62. The number of methoxy groups -OCH3 is 1. The molecule has 0 saturated heterocycles. The van der Waals surface area contributed by atoms with Crippen LogP contribution in [0.2, 0.25) is 0 Å². The number of carboxylic acids is 1. The van der Waals surface area contributed by atoms with Crippen LogP contribution in [0.5, 0.6) is 5.75 Å². The maximum atomic E-state index is 13.0. The highest BCUT2D eigenvalue weighted by Gasteiger charge is 2.22. The van der Waals surface area contributed by atoms with Crippen molar-refractivity contribution in [3.8, 4) is 5.75 Å². The lowest BCUT2D eigenvalue weighted by Crippen LogP contribution is -2.07. The molecule has 0 bridgehead atoms. The highest BCUT2D eigenvalue weighted by Crippen LogP contribution is 2.30. The topological polar surface area (TPSA) is 59.4 Å². The molecule has 0 aliphatic rings. The molecule has 1 aromatic heterocycles. The second kappa shape index (κ2) is 4.16. The molecule has 1 aromatic rings. The molecule has 7 heteroatoms. The number of aromatic carboxylic acids is 1. The summed E-state index contributed by atoms with van der Waals surface area (Å²) in [5.41, 5.74) is -1.62. The summed E-state index contributed by atoms with van der Waals surface area (Å²) in [7, 11) is 0.992. The van der Waals surface area contributed by atoms with Crippen LogP contribution in [0.25, 0.3) is 0 Å². The number of hydrogen-bond acceptors (Lipinski definition) is 3. The third-order valence-electron chi connectivity index (χ3n) is 1.62. The number of halogens is 3. The van der Waals surface area contributed by atoms with Gasteiger partial charge in [0.05, 0.1) is 12.7 Å². The Kier molecular flexibility index (Phi) is 3.13. The Morgan fingerprint density at radius 3 is 2.60 bits per heavy atom. The van der Waals surface area contributed by atoms with Crippen molar-refractivity contribution in [1.29, 1.82) is 0 Å². The summed E-state index contributed by atoms with van der Waals surface area (Å²) in [4.78, 5) is 13.4. The summed E-state index contributed by atoms with van der Waals surface area (Å²) in [6.45, 7) is 0. The van der Waals surface area contributed by atoms with Crippen molar-refractivity contribution in [2.24, 2.45) is 0 Å². The van der Waals surface area contributed by atoms with Gasteiger partial charge in [-0.15, -0.1) is 0 Å². The standard InChI is InChI=1S/C8H6F3NO3/c1-15-5-3(6(9)10)2-4(8(13)14)12-7(5)11/h2,6H,1H3,(H,13,14). The molecule has 1 heterocycles. The number of nitrogens with zero attached hydrogens (tertiary/aromatic N) is 1. The summed E-state index contributed by atoms with van der Waals surface area (Å²) in [5.74, 6) is -3.69. The minimum absolute atomic E-state index is 0.578. The van der Waals surface area contributed by atoms with E-state index in [1.54, 1.807) is 0 Å². The molecular weight excluding hydrogens is 215 g/mol. The number of aromatic nitrogens is 1. The summed E-state index contributed by atoms with van der Waals surface area (Å²) in [6.07, 6.45) is -3.03. The molecule has 0 radical (unpaired) electrons. The zero-order valence-electron chi connectivity index (χ0n) is 7.50. The minimum atomic E-state index is -3.03. The average molecular weight is 221 g/mol. The van der Waals surface area contributed by atoms with E-state index in [1.807, 2.05) is 0 Å². The van der Waals surface area contributed by atoms with Crippen molar-refractivity contribution in [3.05, 3.63) is 23.3 Å². The predicted octanol–water partition coefficient (Wildman–Crippen LogP) is 1.87. The van der Waals surface area contributed by atoms with Gasteiger partial charge in [-0.2, -0.15) is 4.39 Å². The van der Waals surface area contributed by atoms with E-state index >= 15 is 0 Å². The number of alkyl halides is 2. The van der Waals surface area contributed by atoms with Gasteiger partial charge in [0.15, 0.2) is 11.4 Å². The fourth-order valence-electron chi connectivity index (χ4n) is 0.994. The maximum absolute atomic E-state index is 13.0. The van der Waals surface area contributed by atoms with E-state index in [0.717, 1.165) is 7.11 Å². The second-order valence-corrected chi connectivity index (χ2v) is 2.53. The van der Waals surface area contributed by atoms with Crippen molar-refractivity contribution in [2.75, 3.05) is 7.11 Å². The highest BCUT2D eigenvalue weighted by molar-refractivity contribution is 5.85. The molecule has 4 nitrogen and oxygen atoms in total. The summed E-state index contributed by atoms with van der Waals surface area (Å²) in [5, 5.41) is 8.46. The van der Waals surface area contributed by atoms with Crippen molar-refractivity contribution in [2.45, 2.75) is 6.43 Å². The van der Waals surface area contributed by atoms with Gasteiger partial charge in [0, 0.05) is 0 Å². The maximum Gasteiger partial charge on any atom is 0.354 e. The van der Waals surface area contributed by atoms with Gasteiger partial charge in [-0.05, 0) is 6.07 Å². The van der Waals surface area contributed by atoms with E-state index < -0.39 is 35.3 Å². The van der Waals surface area contributed by atoms with Crippen LogP contribution in [0.1, 0.15) is 22.5 Å². The first kappa shape index (κ1) is 11.3. The summed E-state index contributed by atoms with van der Waals surface area (Å²) < 4.78 is 42.1. The third kappa shape index (κ3) is 2.17. The van der Waals surface area contributed by atoms with Gasteiger partial charge in [0.2, 0.25) is 0 Å². The molecule has 0 aliphatic heterocycles. The average Bonchev–Trinajstić information content (AvgIpc) is 2.16. The molecule has 0 aliphatic carbocycles. The van der Waals surface area contributed by atoms with Crippen LogP contribution in [-0.4, -0.2) is 23.2 Å². The lowest BCUT2D eigenvalue weighted by molar-refractivity contribution is 0.0688. The Balaban J connectivity index is 3.38. The number of ether oxygens (including phenoxy) is 1. The second-order valence-electron chi connectivity index (χ2n) is 2.53. The van der Waals surface area contributed by atoms with Crippen molar-refractivity contribution in [3.63, 3.8) is 0 Å². The van der Waals surface area contributed by atoms with Crippen molar-refractivity contribution in [1.82, 2.24) is 4.98 Å². The fourth-order valence-corrected chi connectivity index (χ4v) is 0.994. The van der Waals surface area contributed by atoms with Crippen LogP contribution >= 0.6 is 0 Å². The number of rotatable bonds is 3. The largest absolute Gasteiger partial charge is 0.492 e. The molecule has 0 atom stereocenters. The lowest BCUT2D eigenvalue weighted by Gasteiger charge is -2.08. The molecule has 0 unspecified atom stereocenters. The van der Waals surface area contributed by atoms with E-state index in [-0.39, 0.29) is 0 Å². The van der Waals surface area contributed by atoms with Crippen LogP contribution in [-0.2, 0) is 0 Å². The molecule has 0 aromatic carbocycles. The van der Waals surface area contributed by atoms with Crippen LogP contribution in [0, 0.1) is 5.95 Å². The number of carboxylic acid groups (broad SMARTS) is 1. The Morgan fingerprint density at radius 1 is 1.60 bits per heavy atom. The molecule has 15 heavy (non-hydrogen) atoms. The van der Waals surface area contributed by atoms with Gasteiger partial charge in [0.1, 0.15) is 0 Å². The van der Waals surface area contributed by atoms with Gasteiger partial charge in [-0.25, -0.2) is 18.6 Å². The first-order valence-corrected chi connectivity index (χ1v) is 3.73. The van der Waals surface area contributed by atoms with E-state index in [4.69, 9.17) is 5.11 Å². The predicted molar refractivity (Wildman–Crippen MR) is 42.7 cm³/mol. The number of hydrogen-bond donors (Lipinski definition) is 1. The zero-order valence-corrected chi connectivity index (χ0v) is 7.50. The zero-order chi connectivity index (χ0) is 11.6. The molecular formula is C8H6F3NO3. The summed E-state index contributed by atoms with van der Waals surface area (Å²) >= 11 is 0. The number of pyridine rings is 1. The first-order valence-electron chi connectivity index (χ1n) is 3.73. The molecule has 0 saturated carbocycles.